The van der Waals surface area contributed by atoms with Crippen LogP contribution in [-0.4, -0.2) is 58.9 Å². The summed E-state index contributed by atoms with van der Waals surface area (Å²) >= 11 is 0. The molecule has 102 valence electrons. The smallest absolute Gasteiger partial charge is 0.235 e. The molecule has 0 fully saturated rings. The Morgan fingerprint density at radius 1 is 1.06 bits per heavy atom. The Kier molecular flexibility index (Phi) is 8.92. The normalized spacial score (nSPS) is 12.4. The van der Waals surface area contributed by atoms with Gasteiger partial charge in [0.2, 0.25) is 12.2 Å². The number of isocyanates is 2. The number of hydrogen-bond acceptors (Lipinski definition) is 7. The minimum Gasteiger partial charge on any atom is -0.394 e. The van der Waals surface area contributed by atoms with Gasteiger partial charge in [0.1, 0.15) is 5.54 Å². The maximum atomic E-state index is 10.2. The molecule has 0 heterocycles. The number of hydrogen-bond donors (Lipinski definition) is 3. The van der Waals surface area contributed by atoms with Crippen molar-refractivity contribution in [1.29, 1.82) is 0 Å². The van der Waals surface area contributed by atoms with Crippen LogP contribution in [0, 0.1) is 0 Å². The second-order valence-electron chi connectivity index (χ2n) is 4.05. The maximum Gasteiger partial charge on any atom is 0.235 e. The van der Waals surface area contributed by atoms with E-state index in [1.165, 1.54) is 12.2 Å². The number of aliphatic hydroxyl groups is 3. The first-order valence-corrected chi connectivity index (χ1v) is 5.66. The van der Waals surface area contributed by atoms with E-state index in [4.69, 9.17) is 15.3 Å². The van der Waals surface area contributed by atoms with Gasteiger partial charge >= 0.3 is 0 Å². The van der Waals surface area contributed by atoms with Gasteiger partial charge in [0.05, 0.1) is 25.9 Å². The van der Waals surface area contributed by atoms with Gasteiger partial charge < -0.3 is 15.3 Å². The van der Waals surface area contributed by atoms with Crippen molar-refractivity contribution in [3.05, 3.63) is 0 Å². The molecule has 0 spiro atoms. The van der Waals surface area contributed by atoms with E-state index >= 15 is 0 Å². The highest BCUT2D eigenvalue weighted by molar-refractivity contribution is 5.35. The molecule has 1 unspecified atom stereocenters. The van der Waals surface area contributed by atoms with E-state index in [0.717, 1.165) is 0 Å². The van der Waals surface area contributed by atoms with E-state index in [1.54, 1.807) is 0 Å². The highest BCUT2D eigenvalue weighted by atomic mass is 16.3. The lowest BCUT2D eigenvalue weighted by atomic mass is 9.94. The SMILES string of the molecule is O=C=NC(CO)CCCCC(CO)(CO)N=C=O. The highest BCUT2D eigenvalue weighted by Gasteiger charge is 2.27. The number of rotatable bonds is 10. The molecule has 0 amide bonds. The van der Waals surface area contributed by atoms with Crippen LogP contribution in [0.2, 0.25) is 0 Å². The average Bonchev–Trinajstić information content (AvgIpc) is 2.41. The fraction of sp³-hybridized carbons (Fsp3) is 0.818. The summed E-state index contributed by atoms with van der Waals surface area (Å²) in [5.41, 5.74) is -1.19. The van der Waals surface area contributed by atoms with Gasteiger partial charge in [-0.05, 0) is 12.8 Å². The number of aliphatic hydroxyl groups excluding tert-OH is 3. The zero-order valence-electron chi connectivity index (χ0n) is 10.1. The van der Waals surface area contributed by atoms with Crippen LogP contribution in [0.5, 0.6) is 0 Å². The summed E-state index contributed by atoms with van der Waals surface area (Å²) in [5.74, 6) is 0. The largest absolute Gasteiger partial charge is 0.394 e. The van der Waals surface area contributed by atoms with E-state index < -0.39 is 24.8 Å². The third kappa shape index (κ3) is 5.82. The van der Waals surface area contributed by atoms with Crippen LogP contribution in [0.25, 0.3) is 0 Å². The lowest BCUT2D eigenvalue weighted by molar-refractivity contribution is 0.113. The molecular formula is C11H18N2O5. The Balaban J connectivity index is 4.15. The Morgan fingerprint density at radius 3 is 2.17 bits per heavy atom. The Morgan fingerprint density at radius 2 is 1.72 bits per heavy atom. The van der Waals surface area contributed by atoms with Gasteiger partial charge in [-0.3, -0.25) is 0 Å². The van der Waals surface area contributed by atoms with Crippen LogP contribution in [0.15, 0.2) is 9.98 Å². The predicted octanol–water partition coefficient (Wildman–Crippen LogP) is -0.697. The van der Waals surface area contributed by atoms with Crippen LogP contribution < -0.4 is 0 Å². The van der Waals surface area contributed by atoms with Gasteiger partial charge in [0.15, 0.2) is 0 Å². The first-order chi connectivity index (χ1) is 8.67. The molecule has 0 aliphatic carbocycles. The van der Waals surface area contributed by atoms with E-state index in [0.29, 0.717) is 25.7 Å². The summed E-state index contributed by atoms with van der Waals surface area (Å²) in [7, 11) is 0. The maximum absolute atomic E-state index is 10.2. The van der Waals surface area contributed by atoms with Gasteiger partial charge in [-0.15, -0.1) is 0 Å². The molecule has 3 N–H and O–H groups in total. The van der Waals surface area contributed by atoms with Gasteiger partial charge in [-0.2, -0.15) is 4.99 Å². The molecule has 0 radical (unpaired) electrons. The molecule has 1 atom stereocenters. The van der Waals surface area contributed by atoms with Crippen LogP contribution >= 0.6 is 0 Å². The third-order valence-electron chi connectivity index (χ3n) is 2.75. The fourth-order valence-electron chi connectivity index (χ4n) is 1.54. The zero-order chi connectivity index (χ0) is 13.9. The quantitative estimate of drug-likeness (QED) is 0.272. The molecule has 0 aromatic carbocycles. The van der Waals surface area contributed by atoms with E-state index in [-0.39, 0.29) is 6.61 Å². The summed E-state index contributed by atoms with van der Waals surface area (Å²) < 4.78 is 0. The standard InChI is InChI=1S/C11H18N2O5/c14-5-10(12-8-17)3-1-2-4-11(6-15,7-16)13-9-18/h10,14-16H,1-7H2. The molecule has 0 aromatic heterocycles. The highest BCUT2D eigenvalue weighted by Crippen LogP contribution is 2.19. The van der Waals surface area contributed by atoms with E-state index in [2.05, 4.69) is 9.98 Å². The second-order valence-corrected chi connectivity index (χ2v) is 4.05. The first kappa shape index (κ1) is 16.6. The van der Waals surface area contributed by atoms with Crippen molar-refractivity contribution in [1.82, 2.24) is 0 Å². The summed E-state index contributed by atoms with van der Waals surface area (Å²) in [6, 6.07) is -0.477. The first-order valence-electron chi connectivity index (χ1n) is 5.66. The molecule has 0 saturated heterocycles. The molecule has 7 heteroatoms. The molecule has 0 rings (SSSR count). The molecule has 0 aromatic rings. The molecule has 7 nitrogen and oxygen atoms in total. The van der Waals surface area contributed by atoms with E-state index in [9.17, 15) is 9.59 Å². The average molecular weight is 258 g/mol. The van der Waals surface area contributed by atoms with E-state index in [1.807, 2.05) is 0 Å². The van der Waals surface area contributed by atoms with Crippen LogP contribution in [0.1, 0.15) is 25.7 Å². The van der Waals surface area contributed by atoms with Crippen molar-refractivity contribution in [3.63, 3.8) is 0 Å². The third-order valence-corrected chi connectivity index (χ3v) is 2.75. The number of carbonyl (C=O) groups excluding carboxylic acids is 2. The van der Waals surface area contributed by atoms with Gasteiger partial charge in [-0.25, -0.2) is 14.6 Å². The fourth-order valence-corrected chi connectivity index (χ4v) is 1.54. The van der Waals surface area contributed by atoms with Crippen molar-refractivity contribution in [2.24, 2.45) is 9.98 Å². The van der Waals surface area contributed by atoms with Gasteiger partial charge in [-0.1, -0.05) is 12.8 Å². The van der Waals surface area contributed by atoms with Crippen molar-refractivity contribution >= 4 is 12.2 Å². The minimum atomic E-state index is -1.19. The number of aliphatic imine (C=N–C) groups is 2. The molecule has 0 aliphatic heterocycles. The topological polar surface area (TPSA) is 120 Å². The Bertz CT molecular complexity index is 317. The molecule has 18 heavy (non-hydrogen) atoms. The molecule has 0 aliphatic rings. The van der Waals surface area contributed by atoms with Crippen LogP contribution in [0.4, 0.5) is 0 Å². The van der Waals surface area contributed by atoms with Crippen molar-refractivity contribution < 1.29 is 24.9 Å². The van der Waals surface area contributed by atoms with Crippen molar-refractivity contribution in [2.75, 3.05) is 19.8 Å². The summed E-state index contributed by atoms with van der Waals surface area (Å²) in [4.78, 5) is 27.1. The molecule has 0 bridgehead atoms. The van der Waals surface area contributed by atoms with Crippen LogP contribution in [0.3, 0.4) is 0 Å². The minimum absolute atomic E-state index is 0.229. The van der Waals surface area contributed by atoms with Gasteiger partial charge in [0, 0.05) is 0 Å². The van der Waals surface area contributed by atoms with Crippen molar-refractivity contribution in [3.8, 4) is 0 Å². The zero-order valence-corrected chi connectivity index (χ0v) is 10.1. The Labute approximate surface area is 105 Å². The number of nitrogens with zero attached hydrogens (tertiary/aromatic N) is 2. The molecule has 0 saturated carbocycles. The van der Waals surface area contributed by atoms with Crippen LogP contribution in [-0.2, 0) is 9.59 Å². The summed E-state index contributed by atoms with van der Waals surface area (Å²) in [6.45, 7) is -1.10. The second kappa shape index (κ2) is 9.65. The van der Waals surface area contributed by atoms with Crippen molar-refractivity contribution in [2.45, 2.75) is 37.3 Å². The number of unbranched alkanes of at least 4 members (excludes halogenated alkanes) is 1. The monoisotopic (exact) mass is 258 g/mol. The lowest BCUT2D eigenvalue weighted by Gasteiger charge is -2.23. The predicted molar refractivity (Wildman–Crippen MR) is 62.5 cm³/mol. The molecular weight excluding hydrogens is 240 g/mol. The summed E-state index contributed by atoms with van der Waals surface area (Å²) in [5, 5.41) is 27.1. The lowest BCUT2D eigenvalue weighted by Crippen LogP contribution is -2.35. The Hall–Kier alpha value is -1.36. The summed E-state index contributed by atoms with van der Waals surface area (Å²) in [6.07, 6.45) is 4.71. The van der Waals surface area contributed by atoms with Gasteiger partial charge in [0.25, 0.3) is 0 Å².